The van der Waals surface area contributed by atoms with Crippen molar-refractivity contribution in [3.8, 4) is 11.5 Å². The van der Waals surface area contributed by atoms with Crippen LogP contribution in [0.2, 0.25) is 5.02 Å². The Balaban J connectivity index is 1.32. The Kier molecular flexibility index (Phi) is 7.91. The largest absolute Gasteiger partial charge is 0.457 e. The number of anilines is 1. The molecule has 4 aromatic rings. The zero-order chi connectivity index (χ0) is 26.5. The lowest BCUT2D eigenvalue weighted by Crippen LogP contribution is -2.37. The van der Waals surface area contributed by atoms with Crippen LogP contribution in [0.4, 0.5) is 5.69 Å². The first-order valence-corrected chi connectivity index (χ1v) is 13.1. The molecule has 4 N–H and O–H groups in total. The standard InChI is InChI=1S/C29H29ClN4O4/c30-24-16-21(38-20-4-2-1-3-5-20)10-11-22(24)27(36)23-17-33-28-26(23)25(12-13-31-28)34-19-8-6-18(7-9-19)29(37)32-14-15-35/h1-5,10-13,16-19,35H,6-9,14-15H2,(H,32,37)(H2,31,33,34)/t18-,19-. The first kappa shape index (κ1) is 25.8. The number of aromatic amines is 1. The Morgan fingerprint density at radius 2 is 1.82 bits per heavy atom. The van der Waals surface area contributed by atoms with Gasteiger partial charge >= 0.3 is 0 Å². The van der Waals surface area contributed by atoms with Crippen LogP contribution in [0.1, 0.15) is 41.6 Å². The Labute approximate surface area is 225 Å². The van der Waals surface area contributed by atoms with Gasteiger partial charge in [-0.05, 0) is 56.0 Å². The van der Waals surface area contributed by atoms with Crippen molar-refractivity contribution < 1.29 is 19.4 Å². The predicted molar refractivity (Wildman–Crippen MR) is 147 cm³/mol. The van der Waals surface area contributed by atoms with Crippen LogP contribution in [0, 0.1) is 5.92 Å². The van der Waals surface area contributed by atoms with Gasteiger partial charge in [0.2, 0.25) is 5.91 Å². The van der Waals surface area contributed by atoms with E-state index in [1.54, 1.807) is 30.6 Å². The van der Waals surface area contributed by atoms with E-state index in [0.29, 0.717) is 38.7 Å². The molecule has 9 heteroatoms. The molecule has 0 aliphatic heterocycles. The molecule has 1 saturated carbocycles. The third kappa shape index (κ3) is 5.66. The van der Waals surface area contributed by atoms with Gasteiger partial charge < -0.3 is 25.5 Å². The van der Waals surface area contributed by atoms with Gasteiger partial charge in [-0.3, -0.25) is 9.59 Å². The predicted octanol–water partition coefficient (Wildman–Crippen LogP) is 5.32. The molecule has 1 amide bonds. The summed E-state index contributed by atoms with van der Waals surface area (Å²) in [5.41, 5.74) is 2.27. The highest BCUT2D eigenvalue weighted by atomic mass is 35.5. The molecule has 0 spiro atoms. The van der Waals surface area contributed by atoms with E-state index in [4.69, 9.17) is 21.4 Å². The number of amides is 1. The molecule has 1 aliphatic carbocycles. The van der Waals surface area contributed by atoms with E-state index in [1.807, 2.05) is 36.4 Å². The molecule has 0 atom stereocenters. The lowest BCUT2D eigenvalue weighted by atomic mass is 9.85. The lowest BCUT2D eigenvalue weighted by molar-refractivity contribution is -0.126. The summed E-state index contributed by atoms with van der Waals surface area (Å²) in [6.45, 7) is 0.221. The van der Waals surface area contributed by atoms with Crippen molar-refractivity contribution >= 4 is 40.0 Å². The smallest absolute Gasteiger partial charge is 0.223 e. The Bertz CT molecular complexity index is 1430. The number of aliphatic hydroxyl groups is 1. The van der Waals surface area contributed by atoms with Crippen molar-refractivity contribution in [3.63, 3.8) is 0 Å². The van der Waals surface area contributed by atoms with E-state index in [-0.39, 0.29) is 36.8 Å². The first-order valence-electron chi connectivity index (χ1n) is 12.7. The fourth-order valence-corrected chi connectivity index (χ4v) is 5.17. The molecule has 2 heterocycles. The number of benzene rings is 2. The van der Waals surface area contributed by atoms with Crippen LogP contribution < -0.4 is 15.4 Å². The maximum atomic E-state index is 13.6. The lowest BCUT2D eigenvalue weighted by Gasteiger charge is -2.29. The number of aromatic nitrogens is 2. The number of ketones is 1. The third-order valence-electron chi connectivity index (χ3n) is 6.85. The molecule has 1 aliphatic rings. The highest BCUT2D eigenvalue weighted by Crippen LogP contribution is 2.34. The van der Waals surface area contributed by atoms with Gasteiger partial charge in [0.1, 0.15) is 17.1 Å². The molecule has 2 aromatic carbocycles. The van der Waals surface area contributed by atoms with Gasteiger partial charge in [0, 0.05) is 48.2 Å². The van der Waals surface area contributed by atoms with Crippen molar-refractivity contribution in [2.75, 3.05) is 18.5 Å². The van der Waals surface area contributed by atoms with Crippen LogP contribution in [-0.4, -0.2) is 46.0 Å². The number of aliphatic hydroxyl groups excluding tert-OH is 1. The van der Waals surface area contributed by atoms with Gasteiger partial charge in [0.05, 0.1) is 22.6 Å². The van der Waals surface area contributed by atoms with Gasteiger partial charge in [0.25, 0.3) is 0 Å². The average molecular weight is 533 g/mol. The van der Waals surface area contributed by atoms with Crippen molar-refractivity contribution in [1.82, 2.24) is 15.3 Å². The maximum Gasteiger partial charge on any atom is 0.223 e. The molecule has 0 bridgehead atoms. The van der Waals surface area contributed by atoms with E-state index >= 15 is 0 Å². The van der Waals surface area contributed by atoms with E-state index < -0.39 is 0 Å². The van der Waals surface area contributed by atoms with Crippen LogP contribution >= 0.6 is 11.6 Å². The number of rotatable bonds is 9. The molecule has 8 nitrogen and oxygen atoms in total. The fraction of sp³-hybridized carbons (Fsp3) is 0.276. The number of nitrogens with zero attached hydrogens (tertiary/aromatic N) is 1. The van der Waals surface area contributed by atoms with Crippen molar-refractivity contribution in [2.24, 2.45) is 5.92 Å². The minimum Gasteiger partial charge on any atom is -0.457 e. The van der Waals surface area contributed by atoms with Crippen molar-refractivity contribution in [1.29, 1.82) is 0 Å². The number of carbonyl (C=O) groups is 2. The molecule has 0 unspecified atom stereocenters. The number of ether oxygens (including phenoxy) is 1. The highest BCUT2D eigenvalue weighted by Gasteiger charge is 2.27. The van der Waals surface area contributed by atoms with Gasteiger partial charge in [-0.1, -0.05) is 29.8 Å². The van der Waals surface area contributed by atoms with Gasteiger partial charge in [0.15, 0.2) is 5.78 Å². The summed E-state index contributed by atoms with van der Waals surface area (Å²) in [5.74, 6) is 0.965. The quantitative estimate of drug-likeness (QED) is 0.217. The topological polar surface area (TPSA) is 116 Å². The number of carbonyl (C=O) groups excluding carboxylic acids is 2. The number of H-pyrrole nitrogens is 1. The SMILES string of the molecule is O=C(c1ccc(Oc2ccccc2)cc1Cl)c1c[nH]c2nccc(N[C@H]3CC[C@H](C(=O)NCCO)CC3)c12. The van der Waals surface area contributed by atoms with Gasteiger partial charge in [-0.15, -0.1) is 0 Å². The summed E-state index contributed by atoms with van der Waals surface area (Å²) in [5, 5.41) is 16.3. The van der Waals surface area contributed by atoms with E-state index in [1.165, 1.54) is 0 Å². The molecule has 38 heavy (non-hydrogen) atoms. The first-order chi connectivity index (χ1) is 18.5. The maximum absolute atomic E-state index is 13.6. The third-order valence-corrected chi connectivity index (χ3v) is 7.16. The zero-order valence-corrected chi connectivity index (χ0v) is 21.5. The molecule has 1 fully saturated rings. The van der Waals surface area contributed by atoms with Crippen LogP contribution in [-0.2, 0) is 4.79 Å². The van der Waals surface area contributed by atoms with Crippen LogP contribution in [0.25, 0.3) is 11.0 Å². The molecule has 0 saturated heterocycles. The Morgan fingerprint density at radius 1 is 1.03 bits per heavy atom. The number of halogens is 1. The van der Waals surface area contributed by atoms with Crippen LogP contribution in [0.5, 0.6) is 11.5 Å². The monoisotopic (exact) mass is 532 g/mol. The summed E-state index contributed by atoms with van der Waals surface area (Å²) in [7, 11) is 0. The molecule has 5 rings (SSSR count). The Morgan fingerprint density at radius 3 is 2.55 bits per heavy atom. The molecule has 196 valence electrons. The minimum absolute atomic E-state index is 0.000570. The molecular formula is C29H29ClN4O4. The second-order valence-electron chi connectivity index (χ2n) is 9.38. The Hall–Kier alpha value is -3.88. The molecular weight excluding hydrogens is 504 g/mol. The van der Waals surface area contributed by atoms with Gasteiger partial charge in [-0.25, -0.2) is 4.98 Å². The van der Waals surface area contributed by atoms with Crippen LogP contribution in [0.15, 0.2) is 67.0 Å². The normalized spacial score (nSPS) is 17.2. The second-order valence-corrected chi connectivity index (χ2v) is 9.79. The summed E-state index contributed by atoms with van der Waals surface area (Å²) in [6.07, 6.45) is 6.53. The van der Waals surface area contributed by atoms with Gasteiger partial charge in [-0.2, -0.15) is 0 Å². The number of hydrogen-bond acceptors (Lipinski definition) is 6. The summed E-state index contributed by atoms with van der Waals surface area (Å²) < 4.78 is 5.84. The second kappa shape index (κ2) is 11.7. The number of hydrogen-bond donors (Lipinski definition) is 4. The highest BCUT2D eigenvalue weighted by molar-refractivity contribution is 6.35. The molecule has 2 aromatic heterocycles. The number of fused-ring (bicyclic) bond motifs is 1. The zero-order valence-electron chi connectivity index (χ0n) is 20.7. The summed E-state index contributed by atoms with van der Waals surface area (Å²) >= 11 is 6.54. The summed E-state index contributed by atoms with van der Waals surface area (Å²) in [6, 6.07) is 16.4. The van der Waals surface area contributed by atoms with Crippen LogP contribution in [0.3, 0.4) is 0 Å². The van der Waals surface area contributed by atoms with E-state index in [9.17, 15) is 9.59 Å². The molecule has 0 radical (unpaired) electrons. The van der Waals surface area contributed by atoms with Crippen molar-refractivity contribution in [3.05, 3.63) is 83.1 Å². The number of para-hydroxylation sites is 1. The number of nitrogens with one attached hydrogen (secondary N) is 3. The number of pyridine rings is 1. The minimum atomic E-state index is -0.215. The average Bonchev–Trinajstić information content (AvgIpc) is 3.38. The van der Waals surface area contributed by atoms with E-state index in [2.05, 4.69) is 20.6 Å². The fourth-order valence-electron chi connectivity index (χ4n) is 4.91. The summed E-state index contributed by atoms with van der Waals surface area (Å²) in [4.78, 5) is 33.4. The van der Waals surface area contributed by atoms with Crippen molar-refractivity contribution in [2.45, 2.75) is 31.7 Å². The van der Waals surface area contributed by atoms with E-state index in [0.717, 1.165) is 31.4 Å².